The number of anilines is 1. The molecule has 2 aromatic heterocycles. The molecule has 0 atom stereocenters. The molecule has 2 aliphatic rings. The largest absolute Gasteiger partial charge is 0.367 e. The van der Waals surface area contributed by atoms with Gasteiger partial charge in [-0.1, -0.05) is 0 Å². The summed E-state index contributed by atoms with van der Waals surface area (Å²) in [4.78, 5) is 24.0. The maximum atomic E-state index is 12.3. The number of amides is 2. The zero-order chi connectivity index (χ0) is 15.6. The summed E-state index contributed by atoms with van der Waals surface area (Å²) in [5.41, 5.74) is 4.06. The van der Waals surface area contributed by atoms with Crippen molar-refractivity contribution in [2.45, 2.75) is 38.4 Å². The minimum absolute atomic E-state index is 0.0161. The summed E-state index contributed by atoms with van der Waals surface area (Å²) in [6.07, 6.45) is 5.07. The number of nitrogens with one attached hydrogen (secondary N) is 2. The number of hydrogen-bond acceptors (Lipinski definition) is 5. The Morgan fingerprint density at radius 3 is 3.17 bits per heavy atom. The molecule has 2 amide bonds. The van der Waals surface area contributed by atoms with Gasteiger partial charge in [-0.3, -0.25) is 0 Å². The Hall–Kier alpha value is -2.15. The molecule has 1 saturated carbocycles. The third-order valence-electron chi connectivity index (χ3n) is 4.16. The fraction of sp³-hybridized carbons (Fsp3) is 0.438. The van der Waals surface area contributed by atoms with Crippen molar-refractivity contribution >= 4 is 23.2 Å². The van der Waals surface area contributed by atoms with Crippen LogP contribution in [0.15, 0.2) is 23.8 Å². The molecule has 120 valence electrons. The Morgan fingerprint density at radius 1 is 1.39 bits per heavy atom. The van der Waals surface area contributed by atoms with E-state index in [1.54, 1.807) is 17.5 Å². The lowest BCUT2D eigenvalue weighted by Crippen LogP contribution is -2.42. The number of carbonyl (C=O) groups is 1. The van der Waals surface area contributed by atoms with Crippen molar-refractivity contribution in [2.75, 3.05) is 11.9 Å². The topological polar surface area (TPSA) is 70.2 Å². The molecule has 1 fully saturated rings. The van der Waals surface area contributed by atoms with Crippen LogP contribution >= 0.6 is 11.3 Å². The van der Waals surface area contributed by atoms with Gasteiger partial charge in [0.15, 0.2) is 0 Å². The Kier molecular flexibility index (Phi) is 3.87. The Morgan fingerprint density at radius 2 is 2.30 bits per heavy atom. The van der Waals surface area contributed by atoms with Gasteiger partial charge in [-0.15, -0.1) is 11.3 Å². The van der Waals surface area contributed by atoms with Crippen LogP contribution in [-0.4, -0.2) is 33.5 Å². The number of fused-ring (bicyclic) bond motifs is 1. The van der Waals surface area contributed by atoms with Gasteiger partial charge in [0.25, 0.3) is 0 Å². The summed E-state index contributed by atoms with van der Waals surface area (Å²) < 4.78 is 0. The predicted molar refractivity (Wildman–Crippen MR) is 89.3 cm³/mol. The fourth-order valence-corrected chi connectivity index (χ4v) is 3.51. The van der Waals surface area contributed by atoms with E-state index in [4.69, 9.17) is 0 Å². The zero-order valence-corrected chi connectivity index (χ0v) is 13.6. The van der Waals surface area contributed by atoms with Crippen LogP contribution in [0.5, 0.6) is 0 Å². The van der Waals surface area contributed by atoms with Crippen molar-refractivity contribution in [1.82, 2.24) is 20.2 Å². The summed E-state index contributed by atoms with van der Waals surface area (Å²) in [6, 6.07) is 4.51. The number of pyridine rings is 1. The molecule has 0 unspecified atom stereocenters. The average molecular weight is 329 g/mol. The average Bonchev–Trinajstić information content (AvgIpc) is 3.26. The highest BCUT2D eigenvalue weighted by Gasteiger charge is 2.23. The molecule has 1 aliphatic carbocycles. The van der Waals surface area contributed by atoms with Crippen molar-refractivity contribution < 1.29 is 4.79 Å². The van der Waals surface area contributed by atoms with E-state index in [-0.39, 0.29) is 6.03 Å². The van der Waals surface area contributed by atoms with Gasteiger partial charge in [-0.25, -0.2) is 14.8 Å². The van der Waals surface area contributed by atoms with Crippen LogP contribution in [0.2, 0.25) is 0 Å². The monoisotopic (exact) mass is 329 g/mol. The van der Waals surface area contributed by atoms with E-state index in [1.165, 1.54) is 17.7 Å². The van der Waals surface area contributed by atoms with Crippen molar-refractivity contribution in [1.29, 1.82) is 0 Å². The van der Waals surface area contributed by atoms with E-state index in [0.29, 0.717) is 19.1 Å². The summed E-state index contributed by atoms with van der Waals surface area (Å²) in [6.45, 7) is 1.91. The highest BCUT2D eigenvalue weighted by molar-refractivity contribution is 7.09. The molecular formula is C16H19N5OS. The lowest BCUT2D eigenvalue weighted by Gasteiger charge is -2.26. The molecule has 0 spiro atoms. The number of thiazole rings is 1. The second kappa shape index (κ2) is 6.16. The third-order valence-corrected chi connectivity index (χ3v) is 5.02. The molecule has 2 N–H and O–H groups in total. The Labute approximate surface area is 138 Å². The highest BCUT2D eigenvalue weighted by atomic mass is 32.1. The van der Waals surface area contributed by atoms with Crippen LogP contribution in [0.25, 0.3) is 0 Å². The van der Waals surface area contributed by atoms with Crippen LogP contribution in [0.3, 0.4) is 0 Å². The van der Waals surface area contributed by atoms with Crippen molar-refractivity contribution in [3.05, 3.63) is 40.0 Å². The number of nitrogens with zero attached hydrogens (tertiary/aromatic N) is 3. The van der Waals surface area contributed by atoms with E-state index in [0.717, 1.165) is 30.0 Å². The van der Waals surface area contributed by atoms with Gasteiger partial charge in [0.1, 0.15) is 5.82 Å². The molecule has 3 heterocycles. The third kappa shape index (κ3) is 3.44. The SMILES string of the molecule is O=C(NCc1ccnc(NC2CC2)c1)N1CCc2ncsc2C1. The van der Waals surface area contributed by atoms with E-state index in [9.17, 15) is 4.79 Å². The van der Waals surface area contributed by atoms with Crippen molar-refractivity contribution in [3.8, 4) is 0 Å². The van der Waals surface area contributed by atoms with Gasteiger partial charge in [0.05, 0.1) is 17.7 Å². The van der Waals surface area contributed by atoms with E-state index in [1.807, 2.05) is 22.5 Å². The fourth-order valence-electron chi connectivity index (χ4n) is 2.68. The van der Waals surface area contributed by atoms with Crippen LogP contribution in [0.1, 0.15) is 29.0 Å². The minimum Gasteiger partial charge on any atom is -0.367 e. The summed E-state index contributed by atoms with van der Waals surface area (Å²) in [7, 11) is 0. The molecule has 0 radical (unpaired) electrons. The molecule has 23 heavy (non-hydrogen) atoms. The molecule has 6 nitrogen and oxygen atoms in total. The molecule has 1 aliphatic heterocycles. The number of carbonyl (C=O) groups excluding carboxylic acids is 1. The second-order valence-electron chi connectivity index (χ2n) is 6.02. The van der Waals surface area contributed by atoms with Gasteiger partial charge in [0, 0.05) is 36.6 Å². The molecule has 7 heteroatoms. The van der Waals surface area contributed by atoms with E-state index < -0.39 is 0 Å². The van der Waals surface area contributed by atoms with Crippen LogP contribution in [0.4, 0.5) is 10.6 Å². The first-order chi connectivity index (χ1) is 11.3. The molecule has 4 rings (SSSR count). The first kappa shape index (κ1) is 14.4. The molecule has 0 saturated heterocycles. The molecule has 0 aromatic carbocycles. The minimum atomic E-state index is -0.0161. The first-order valence-corrected chi connectivity index (χ1v) is 8.81. The molecular weight excluding hydrogens is 310 g/mol. The van der Waals surface area contributed by atoms with Gasteiger partial charge >= 0.3 is 6.03 Å². The van der Waals surface area contributed by atoms with Crippen LogP contribution in [0, 0.1) is 0 Å². The number of rotatable bonds is 4. The van der Waals surface area contributed by atoms with Gasteiger partial charge < -0.3 is 15.5 Å². The zero-order valence-electron chi connectivity index (χ0n) is 12.8. The lowest BCUT2D eigenvalue weighted by molar-refractivity contribution is 0.192. The molecule has 2 aromatic rings. The smallest absolute Gasteiger partial charge is 0.318 e. The standard InChI is InChI=1S/C16H19N5OS/c22-16(21-6-4-13-14(9-21)23-10-19-13)18-8-11-3-5-17-15(7-11)20-12-1-2-12/h3,5,7,10,12H,1-2,4,6,8-9H2,(H,17,20)(H,18,22). The second-order valence-corrected chi connectivity index (χ2v) is 6.96. The predicted octanol–water partition coefficient (Wildman–Crippen LogP) is 2.38. The summed E-state index contributed by atoms with van der Waals surface area (Å²) in [5.74, 6) is 0.895. The van der Waals surface area contributed by atoms with Gasteiger partial charge in [0.2, 0.25) is 0 Å². The maximum Gasteiger partial charge on any atom is 0.318 e. The van der Waals surface area contributed by atoms with Gasteiger partial charge in [-0.2, -0.15) is 0 Å². The quantitative estimate of drug-likeness (QED) is 0.903. The van der Waals surface area contributed by atoms with Crippen molar-refractivity contribution in [3.63, 3.8) is 0 Å². The van der Waals surface area contributed by atoms with Gasteiger partial charge in [-0.05, 0) is 30.5 Å². The maximum absolute atomic E-state index is 12.3. The van der Waals surface area contributed by atoms with E-state index >= 15 is 0 Å². The lowest BCUT2D eigenvalue weighted by atomic mass is 10.2. The Balaban J connectivity index is 1.33. The summed E-state index contributed by atoms with van der Waals surface area (Å²) >= 11 is 1.63. The number of hydrogen-bond donors (Lipinski definition) is 2. The highest BCUT2D eigenvalue weighted by Crippen LogP contribution is 2.24. The van der Waals surface area contributed by atoms with Crippen molar-refractivity contribution in [2.24, 2.45) is 0 Å². The normalized spacial score (nSPS) is 16.8. The number of aromatic nitrogens is 2. The van der Waals surface area contributed by atoms with Crippen LogP contribution < -0.4 is 10.6 Å². The van der Waals surface area contributed by atoms with Crippen LogP contribution in [-0.2, 0) is 19.5 Å². The molecule has 0 bridgehead atoms. The van der Waals surface area contributed by atoms with E-state index in [2.05, 4.69) is 20.6 Å². The number of urea groups is 1. The Bertz CT molecular complexity index is 712. The summed E-state index contributed by atoms with van der Waals surface area (Å²) in [5, 5.41) is 6.38. The first-order valence-electron chi connectivity index (χ1n) is 7.93.